The van der Waals surface area contributed by atoms with Crippen LogP contribution in [-0.2, 0) is 9.59 Å². The number of benzene rings is 1. The van der Waals surface area contributed by atoms with Crippen LogP contribution in [0.15, 0.2) is 34.8 Å². The zero-order chi connectivity index (χ0) is 20.5. The first-order valence-corrected chi connectivity index (χ1v) is 10.2. The standard InChI is InChI=1S/C20H26BrN5O2/c1-12(22)18(27)26-10-4-9-20(3,25-26)19(28)23-13(2)16-8-6-14-5-7-15(21)11-17(14)24-16/h5-8,11-13,25H,4,9-10,22H2,1-3H3,(H,23,28)/t12-,13+,20?/m0/s1. The van der Waals surface area contributed by atoms with Gasteiger partial charge >= 0.3 is 0 Å². The second kappa shape index (κ2) is 8.14. The number of aromatic nitrogens is 1. The summed E-state index contributed by atoms with van der Waals surface area (Å²) in [6.07, 6.45) is 1.36. The highest BCUT2D eigenvalue weighted by Crippen LogP contribution is 2.23. The normalized spacial score (nSPS) is 22.0. The van der Waals surface area contributed by atoms with Crippen LogP contribution in [0, 0.1) is 0 Å². The quantitative estimate of drug-likeness (QED) is 0.667. The molecular formula is C20H26BrN5O2. The van der Waals surface area contributed by atoms with Gasteiger partial charge in [-0.2, -0.15) is 0 Å². The summed E-state index contributed by atoms with van der Waals surface area (Å²) in [5, 5.41) is 5.53. The minimum absolute atomic E-state index is 0.168. The van der Waals surface area contributed by atoms with Gasteiger partial charge in [-0.05, 0) is 51.8 Å². The van der Waals surface area contributed by atoms with Crippen molar-refractivity contribution < 1.29 is 9.59 Å². The van der Waals surface area contributed by atoms with Gasteiger partial charge in [-0.1, -0.05) is 28.1 Å². The molecule has 28 heavy (non-hydrogen) atoms. The lowest BCUT2D eigenvalue weighted by molar-refractivity contribution is -0.144. The molecule has 0 bridgehead atoms. The lowest BCUT2D eigenvalue weighted by Gasteiger charge is -2.41. The predicted molar refractivity (Wildman–Crippen MR) is 112 cm³/mol. The number of pyridine rings is 1. The largest absolute Gasteiger partial charge is 0.346 e. The average Bonchev–Trinajstić information content (AvgIpc) is 2.66. The first kappa shape index (κ1) is 20.7. The number of halogens is 1. The van der Waals surface area contributed by atoms with Crippen molar-refractivity contribution in [3.05, 3.63) is 40.5 Å². The molecule has 0 radical (unpaired) electrons. The fourth-order valence-corrected chi connectivity index (χ4v) is 3.70. The molecule has 8 heteroatoms. The molecule has 3 rings (SSSR count). The van der Waals surface area contributed by atoms with Gasteiger partial charge in [0.2, 0.25) is 5.91 Å². The van der Waals surface area contributed by atoms with E-state index in [0.717, 1.165) is 27.5 Å². The number of hydrogen-bond donors (Lipinski definition) is 3. The second-order valence-electron chi connectivity index (χ2n) is 7.59. The third-order valence-electron chi connectivity index (χ3n) is 5.06. The summed E-state index contributed by atoms with van der Waals surface area (Å²) in [5.74, 6) is -0.383. The summed E-state index contributed by atoms with van der Waals surface area (Å²) in [5.41, 5.74) is 9.54. The molecule has 150 valence electrons. The van der Waals surface area contributed by atoms with Gasteiger partial charge in [0, 0.05) is 16.4 Å². The van der Waals surface area contributed by atoms with Gasteiger partial charge < -0.3 is 11.1 Å². The summed E-state index contributed by atoms with van der Waals surface area (Å²) >= 11 is 3.46. The van der Waals surface area contributed by atoms with E-state index < -0.39 is 11.6 Å². The van der Waals surface area contributed by atoms with E-state index >= 15 is 0 Å². The molecule has 1 saturated heterocycles. The molecule has 1 fully saturated rings. The maximum Gasteiger partial charge on any atom is 0.253 e. The number of fused-ring (bicyclic) bond motifs is 1. The van der Waals surface area contributed by atoms with Crippen molar-refractivity contribution in [2.45, 2.75) is 51.2 Å². The van der Waals surface area contributed by atoms with Crippen LogP contribution in [0.2, 0.25) is 0 Å². The number of rotatable bonds is 4. The minimum atomic E-state index is -0.878. The van der Waals surface area contributed by atoms with Gasteiger partial charge in [0.15, 0.2) is 0 Å². The molecular weight excluding hydrogens is 422 g/mol. The number of amides is 2. The monoisotopic (exact) mass is 447 g/mol. The van der Waals surface area contributed by atoms with Gasteiger partial charge in [0.05, 0.1) is 23.3 Å². The number of hydrogen-bond acceptors (Lipinski definition) is 5. The van der Waals surface area contributed by atoms with E-state index in [9.17, 15) is 9.59 Å². The van der Waals surface area contributed by atoms with Gasteiger partial charge in [0.1, 0.15) is 5.54 Å². The van der Waals surface area contributed by atoms with Crippen molar-refractivity contribution in [2.75, 3.05) is 6.54 Å². The SMILES string of the molecule is C[C@H](N)C(=O)N1CCCC(C)(C(=O)N[C@H](C)c2ccc3ccc(Br)cc3n2)N1. The predicted octanol–water partition coefficient (Wildman–Crippen LogP) is 2.41. The van der Waals surface area contributed by atoms with Crippen LogP contribution in [0.5, 0.6) is 0 Å². The Morgan fingerprint density at radius 2 is 2.04 bits per heavy atom. The lowest BCUT2D eigenvalue weighted by Crippen LogP contribution is -2.66. The summed E-state index contributed by atoms with van der Waals surface area (Å²) < 4.78 is 0.958. The summed E-state index contributed by atoms with van der Waals surface area (Å²) in [7, 11) is 0. The van der Waals surface area contributed by atoms with Gasteiger partial charge in [-0.15, -0.1) is 0 Å². The topological polar surface area (TPSA) is 100 Å². The average molecular weight is 448 g/mol. The summed E-state index contributed by atoms with van der Waals surface area (Å²) in [6, 6.07) is 8.96. The van der Waals surface area contributed by atoms with E-state index in [0.29, 0.717) is 13.0 Å². The molecule has 0 saturated carbocycles. The van der Waals surface area contributed by atoms with E-state index in [2.05, 4.69) is 31.7 Å². The van der Waals surface area contributed by atoms with Gasteiger partial charge in [0.25, 0.3) is 5.91 Å². The van der Waals surface area contributed by atoms with E-state index in [1.807, 2.05) is 37.3 Å². The Bertz CT molecular complexity index is 903. The van der Waals surface area contributed by atoms with Crippen LogP contribution >= 0.6 is 15.9 Å². The Labute approximate surface area is 173 Å². The van der Waals surface area contributed by atoms with Crippen molar-refractivity contribution in [1.82, 2.24) is 20.7 Å². The van der Waals surface area contributed by atoms with E-state index in [1.54, 1.807) is 13.8 Å². The van der Waals surface area contributed by atoms with Crippen molar-refractivity contribution in [3.63, 3.8) is 0 Å². The molecule has 3 atom stereocenters. The first-order valence-electron chi connectivity index (χ1n) is 9.41. The second-order valence-corrected chi connectivity index (χ2v) is 8.51. The molecule has 2 aromatic rings. The fourth-order valence-electron chi connectivity index (χ4n) is 3.35. The highest BCUT2D eigenvalue weighted by Gasteiger charge is 2.40. The number of nitrogens with zero attached hydrogens (tertiary/aromatic N) is 2. The maximum atomic E-state index is 13.0. The molecule has 0 aliphatic carbocycles. The van der Waals surface area contributed by atoms with Crippen molar-refractivity contribution >= 4 is 38.6 Å². The Morgan fingerprint density at radius 1 is 1.32 bits per heavy atom. The van der Waals surface area contributed by atoms with Crippen LogP contribution < -0.4 is 16.5 Å². The zero-order valence-corrected chi connectivity index (χ0v) is 17.9. The smallest absolute Gasteiger partial charge is 0.253 e. The maximum absolute atomic E-state index is 13.0. The molecule has 1 aromatic heterocycles. The highest BCUT2D eigenvalue weighted by atomic mass is 79.9. The van der Waals surface area contributed by atoms with Crippen molar-refractivity contribution in [1.29, 1.82) is 0 Å². The molecule has 1 aliphatic rings. The Morgan fingerprint density at radius 3 is 2.75 bits per heavy atom. The number of nitrogens with one attached hydrogen (secondary N) is 2. The third-order valence-corrected chi connectivity index (χ3v) is 5.56. The molecule has 0 spiro atoms. The van der Waals surface area contributed by atoms with Crippen molar-refractivity contribution in [2.24, 2.45) is 5.73 Å². The number of carbonyl (C=O) groups excluding carboxylic acids is 2. The molecule has 4 N–H and O–H groups in total. The molecule has 7 nitrogen and oxygen atoms in total. The minimum Gasteiger partial charge on any atom is -0.346 e. The Hall–Kier alpha value is -2.03. The lowest BCUT2D eigenvalue weighted by atomic mass is 9.92. The summed E-state index contributed by atoms with van der Waals surface area (Å²) in [4.78, 5) is 29.9. The van der Waals surface area contributed by atoms with Crippen LogP contribution in [0.4, 0.5) is 0 Å². The fraction of sp³-hybridized carbons (Fsp3) is 0.450. The number of nitrogens with two attached hydrogens (primary N) is 1. The van der Waals surface area contributed by atoms with Crippen LogP contribution in [0.25, 0.3) is 10.9 Å². The van der Waals surface area contributed by atoms with Crippen LogP contribution in [0.1, 0.15) is 45.3 Å². The molecule has 2 heterocycles. The molecule has 1 aliphatic heterocycles. The first-order chi connectivity index (χ1) is 13.2. The molecule has 1 unspecified atom stereocenters. The third kappa shape index (κ3) is 4.34. The van der Waals surface area contributed by atoms with Crippen molar-refractivity contribution in [3.8, 4) is 0 Å². The number of carbonyl (C=O) groups is 2. The Balaban J connectivity index is 1.73. The van der Waals surface area contributed by atoms with Gasteiger partial charge in [-0.25, -0.2) is 5.43 Å². The Kier molecular flexibility index (Phi) is 6.02. The molecule has 1 aromatic carbocycles. The van der Waals surface area contributed by atoms with E-state index in [4.69, 9.17) is 5.73 Å². The molecule has 2 amide bonds. The van der Waals surface area contributed by atoms with Crippen LogP contribution in [-0.4, -0.2) is 39.9 Å². The van der Waals surface area contributed by atoms with E-state index in [-0.39, 0.29) is 17.9 Å². The van der Waals surface area contributed by atoms with Crippen LogP contribution in [0.3, 0.4) is 0 Å². The number of hydrazine groups is 1. The summed E-state index contributed by atoms with van der Waals surface area (Å²) in [6.45, 7) is 5.89. The van der Waals surface area contributed by atoms with Gasteiger partial charge in [-0.3, -0.25) is 19.6 Å². The zero-order valence-electron chi connectivity index (χ0n) is 16.3. The highest BCUT2D eigenvalue weighted by molar-refractivity contribution is 9.10. The van der Waals surface area contributed by atoms with E-state index in [1.165, 1.54) is 5.01 Å².